The van der Waals surface area contributed by atoms with Gasteiger partial charge < -0.3 is 14.2 Å². The Kier molecular flexibility index (Phi) is 6.28. The summed E-state index contributed by atoms with van der Waals surface area (Å²) < 4.78 is 49.9. The zero-order valence-electron chi connectivity index (χ0n) is 24.8. The highest BCUT2D eigenvalue weighted by atomic mass is 19.3. The highest BCUT2D eigenvalue weighted by molar-refractivity contribution is 6.00. The van der Waals surface area contributed by atoms with Gasteiger partial charge in [-0.15, -0.1) is 0 Å². The van der Waals surface area contributed by atoms with Crippen molar-refractivity contribution in [3.63, 3.8) is 0 Å². The molecule has 3 aromatic rings. The van der Waals surface area contributed by atoms with E-state index < -0.39 is 17.7 Å². The molecule has 6 saturated carbocycles. The van der Waals surface area contributed by atoms with Crippen molar-refractivity contribution in [2.24, 2.45) is 10.8 Å². The van der Waals surface area contributed by atoms with Gasteiger partial charge in [-0.05, 0) is 87.5 Å². The highest BCUT2D eigenvalue weighted by Gasteiger charge is 2.73. The molecular weight excluding hydrogens is 557 g/mol. The summed E-state index contributed by atoms with van der Waals surface area (Å²) in [5.74, 6) is 1.45. The van der Waals surface area contributed by atoms with Crippen LogP contribution in [0.15, 0.2) is 47.1 Å². The van der Waals surface area contributed by atoms with Crippen molar-refractivity contribution in [3.8, 4) is 17.0 Å². The third-order valence-electron chi connectivity index (χ3n) is 10.5. The average Bonchev–Trinajstić information content (AvgIpc) is 3.47. The third kappa shape index (κ3) is 4.81. The largest absolute Gasteiger partial charge is 0.433 e. The van der Waals surface area contributed by atoms with Crippen LogP contribution in [0.25, 0.3) is 11.3 Å². The van der Waals surface area contributed by atoms with E-state index in [1.165, 1.54) is 12.3 Å². The monoisotopic (exact) mass is 594 g/mol. The van der Waals surface area contributed by atoms with E-state index in [2.05, 4.69) is 35.6 Å². The van der Waals surface area contributed by atoms with E-state index in [1.54, 1.807) is 6.07 Å². The Morgan fingerprint density at radius 1 is 1.05 bits per heavy atom. The van der Waals surface area contributed by atoms with Gasteiger partial charge in [-0.2, -0.15) is 13.8 Å². The Morgan fingerprint density at radius 3 is 2.30 bits per heavy atom. The summed E-state index contributed by atoms with van der Waals surface area (Å²) >= 11 is 0. The van der Waals surface area contributed by atoms with Crippen molar-refractivity contribution in [2.75, 3.05) is 11.4 Å². The number of ether oxygens (including phenoxy) is 1. The molecule has 0 unspecified atom stereocenters. The van der Waals surface area contributed by atoms with Crippen LogP contribution in [0.2, 0.25) is 0 Å². The minimum atomic E-state index is -2.92. The van der Waals surface area contributed by atoms with Crippen LogP contribution in [0.5, 0.6) is 5.75 Å². The van der Waals surface area contributed by atoms with E-state index in [-0.39, 0.29) is 27.9 Å². The Bertz CT molecular complexity index is 1500. The number of benzene rings is 1. The number of pyridine rings is 1. The number of hydrogen-bond donors (Lipinski definition) is 0. The number of halogens is 3. The smallest absolute Gasteiger partial charge is 0.387 e. The number of amides is 1. The van der Waals surface area contributed by atoms with E-state index in [4.69, 9.17) is 9.51 Å². The van der Waals surface area contributed by atoms with Gasteiger partial charge in [0.1, 0.15) is 11.4 Å². The topological polar surface area (TPSA) is 81.4 Å². The Morgan fingerprint density at radius 2 is 1.74 bits per heavy atom. The maximum Gasteiger partial charge on any atom is 0.387 e. The second-order valence-electron chi connectivity index (χ2n) is 14.6. The van der Waals surface area contributed by atoms with E-state index in [1.807, 2.05) is 29.2 Å². The number of anilines is 1. The van der Waals surface area contributed by atoms with E-state index in [0.29, 0.717) is 37.4 Å². The second-order valence-corrected chi connectivity index (χ2v) is 14.6. The first-order chi connectivity index (χ1) is 20.3. The molecule has 0 spiro atoms. The van der Waals surface area contributed by atoms with E-state index >= 15 is 0 Å². The van der Waals surface area contributed by atoms with Gasteiger partial charge in [-0.25, -0.2) is 4.39 Å². The Hall–Kier alpha value is -3.43. The van der Waals surface area contributed by atoms with Crippen LogP contribution in [-0.2, 0) is 15.6 Å². The predicted octanol–water partition coefficient (Wildman–Crippen LogP) is 7.55. The molecular formula is C33H37F3N4O3. The van der Waals surface area contributed by atoms with Crippen molar-refractivity contribution in [2.45, 2.75) is 102 Å². The van der Waals surface area contributed by atoms with Crippen LogP contribution >= 0.6 is 0 Å². The van der Waals surface area contributed by atoms with Gasteiger partial charge in [0.2, 0.25) is 11.8 Å². The van der Waals surface area contributed by atoms with Gasteiger partial charge in [0.15, 0.2) is 5.82 Å². The Labute approximate surface area is 249 Å². The molecule has 6 aliphatic carbocycles. The molecule has 228 valence electrons. The third-order valence-corrected chi connectivity index (χ3v) is 10.5. The van der Waals surface area contributed by atoms with Crippen LogP contribution in [0.4, 0.5) is 18.9 Å². The van der Waals surface area contributed by atoms with Crippen molar-refractivity contribution in [1.82, 2.24) is 15.1 Å². The van der Waals surface area contributed by atoms with Crippen molar-refractivity contribution < 1.29 is 27.2 Å². The molecule has 1 aromatic carbocycles. The second kappa shape index (κ2) is 9.53. The number of rotatable bonds is 8. The molecule has 7 nitrogen and oxygen atoms in total. The maximum absolute atomic E-state index is 14.6. The predicted molar refractivity (Wildman–Crippen MR) is 154 cm³/mol. The number of hydrogen-bond acceptors (Lipinski definition) is 6. The molecule has 2 heterocycles. The number of alkyl halides is 3. The lowest BCUT2D eigenvalue weighted by molar-refractivity contribution is -0.211. The molecule has 2 aromatic heterocycles. The lowest BCUT2D eigenvalue weighted by atomic mass is 9.41. The van der Waals surface area contributed by atoms with Gasteiger partial charge >= 0.3 is 6.61 Å². The molecule has 0 aliphatic heterocycles. The average molecular weight is 595 g/mol. The summed E-state index contributed by atoms with van der Waals surface area (Å²) in [5, 5.41) is 4.42. The molecule has 0 radical (unpaired) electrons. The fraction of sp³-hybridized carbons (Fsp3) is 0.576. The lowest BCUT2D eigenvalue weighted by Gasteiger charge is -2.65. The standard InChI is InChI=1S/C33H37F3N4O3/c1-29(2,3)26-38-25(39-43-26)31-12-9-30(10-13-31,11-14-31)20-40(27(41)32-17-33(36,18-32)19-32)22-6-4-5-21(15-22)24-8-7-23(16-37-24)42-28(34)35/h4-8,15-16,28H,9-14,17-20H2,1-3H3. The minimum Gasteiger partial charge on any atom is -0.433 e. The molecule has 10 heteroatoms. The van der Waals surface area contributed by atoms with Gasteiger partial charge in [0.05, 0.1) is 17.3 Å². The Balaban J connectivity index is 1.14. The van der Waals surface area contributed by atoms with Gasteiger partial charge in [0, 0.05) is 28.6 Å². The molecule has 0 atom stereocenters. The summed E-state index contributed by atoms with van der Waals surface area (Å²) in [4.78, 5) is 25.2. The normalized spacial score (nSPS) is 31.0. The van der Waals surface area contributed by atoms with Gasteiger partial charge in [-0.1, -0.05) is 38.1 Å². The minimum absolute atomic E-state index is 0.00240. The van der Waals surface area contributed by atoms with Crippen LogP contribution in [-0.4, -0.2) is 39.9 Å². The van der Waals surface area contributed by atoms with Gasteiger partial charge in [-0.3, -0.25) is 9.78 Å². The number of aromatic nitrogens is 3. The van der Waals surface area contributed by atoms with E-state index in [0.717, 1.165) is 55.6 Å². The zero-order chi connectivity index (χ0) is 30.3. The van der Waals surface area contributed by atoms with Crippen molar-refractivity contribution in [3.05, 3.63) is 54.3 Å². The van der Waals surface area contributed by atoms with Crippen LogP contribution in [0.3, 0.4) is 0 Å². The summed E-state index contributed by atoms with van der Waals surface area (Å²) in [6.45, 7) is 3.85. The van der Waals surface area contributed by atoms with Crippen LogP contribution < -0.4 is 9.64 Å². The maximum atomic E-state index is 14.6. The number of nitrogens with zero attached hydrogens (tertiary/aromatic N) is 4. The fourth-order valence-corrected chi connectivity index (χ4v) is 7.93. The number of fused-ring (bicyclic) bond motifs is 3. The lowest BCUT2D eigenvalue weighted by Crippen LogP contribution is -2.71. The molecule has 4 bridgehead atoms. The first-order valence-corrected chi connectivity index (χ1v) is 15.2. The molecule has 1 amide bonds. The first-order valence-electron chi connectivity index (χ1n) is 15.2. The quantitative estimate of drug-likeness (QED) is 0.268. The van der Waals surface area contributed by atoms with Crippen molar-refractivity contribution in [1.29, 1.82) is 0 Å². The molecule has 0 N–H and O–H groups in total. The highest BCUT2D eigenvalue weighted by Crippen LogP contribution is 2.70. The zero-order valence-corrected chi connectivity index (χ0v) is 24.8. The fourth-order valence-electron chi connectivity index (χ4n) is 7.93. The molecule has 9 rings (SSSR count). The molecule has 43 heavy (non-hydrogen) atoms. The van der Waals surface area contributed by atoms with Crippen LogP contribution in [0.1, 0.15) is 90.3 Å². The SMILES string of the molecule is CC(C)(C)c1nc(C23CCC(CN(C(=O)C45CC(F)(C4)C5)c4cccc(-c5ccc(OC(F)F)cn5)c4)(CC2)CC3)no1. The van der Waals surface area contributed by atoms with Crippen molar-refractivity contribution >= 4 is 11.6 Å². The summed E-state index contributed by atoms with van der Waals surface area (Å²) in [6, 6.07) is 10.7. The van der Waals surface area contributed by atoms with E-state index in [9.17, 15) is 18.0 Å². The molecule has 0 saturated heterocycles. The van der Waals surface area contributed by atoms with Gasteiger partial charge in [0.25, 0.3) is 0 Å². The summed E-state index contributed by atoms with van der Waals surface area (Å²) in [6.07, 6.45) is 7.82. The first kappa shape index (κ1) is 28.3. The molecule has 6 aliphatic rings. The summed E-state index contributed by atoms with van der Waals surface area (Å²) in [5.41, 5.74) is -0.0575. The number of carbonyl (C=O) groups is 1. The summed E-state index contributed by atoms with van der Waals surface area (Å²) in [7, 11) is 0. The van der Waals surface area contributed by atoms with Crippen LogP contribution in [0, 0.1) is 10.8 Å². The number of carbonyl (C=O) groups excluding carboxylic acids is 1. The molecule has 6 fully saturated rings.